The zero-order valence-electron chi connectivity index (χ0n) is 17.2. The van der Waals surface area contributed by atoms with Crippen LogP contribution in [-0.2, 0) is 13.1 Å². The summed E-state index contributed by atoms with van der Waals surface area (Å²) in [6.07, 6.45) is 5.49. The van der Waals surface area contributed by atoms with E-state index in [2.05, 4.69) is 28.7 Å². The zero-order valence-corrected chi connectivity index (χ0v) is 17.2. The summed E-state index contributed by atoms with van der Waals surface area (Å²) in [5.41, 5.74) is 2.91. The molecule has 0 aliphatic carbocycles. The van der Waals surface area contributed by atoms with Crippen LogP contribution in [0.4, 0.5) is 0 Å². The molecule has 0 spiro atoms. The lowest BCUT2D eigenvalue weighted by Gasteiger charge is -2.25. The Bertz CT molecular complexity index is 989. The molecule has 29 heavy (non-hydrogen) atoms. The largest absolute Gasteiger partial charge is 0.497 e. The fraction of sp³-hybridized carbons (Fsp3) is 0.409. The van der Waals surface area contributed by atoms with E-state index < -0.39 is 0 Å². The molecule has 1 saturated heterocycles. The van der Waals surface area contributed by atoms with Crippen LogP contribution in [-0.4, -0.2) is 43.8 Å². The number of hydrogen-bond donors (Lipinski definition) is 0. The fourth-order valence-electron chi connectivity index (χ4n) is 4.06. The first kappa shape index (κ1) is 19.2. The highest BCUT2D eigenvalue weighted by Crippen LogP contribution is 2.33. The highest BCUT2D eigenvalue weighted by Gasteiger charge is 2.34. The van der Waals surface area contributed by atoms with Gasteiger partial charge in [0.15, 0.2) is 0 Å². The van der Waals surface area contributed by atoms with E-state index in [1.807, 2.05) is 30.2 Å². The lowest BCUT2D eigenvalue weighted by Crippen LogP contribution is -2.33. The normalized spacial score (nSPS) is 16.4. The highest BCUT2D eigenvalue weighted by atomic mass is 16.5. The van der Waals surface area contributed by atoms with Crippen LogP contribution in [0.1, 0.15) is 53.4 Å². The SMILES string of the molecule is CCn1nccc1C(=O)N1CCCC1c1ncc(C)n1Cc1ccc(OC)cc1. The molecule has 1 fully saturated rings. The molecular weight excluding hydrogens is 366 g/mol. The quantitative estimate of drug-likeness (QED) is 0.643. The number of aryl methyl sites for hydroxylation is 2. The molecular formula is C22H27N5O2. The number of imidazole rings is 1. The second-order valence-electron chi connectivity index (χ2n) is 7.38. The van der Waals surface area contributed by atoms with Gasteiger partial charge in [-0.2, -0.15) is 5.10 Å². The zero-order chi connectivity index (χ0) is 20.4. The van der Waals surface area contributed by atoms with E-state index in [0.29, 0.717) is 12.2 Å². The molecule has 3 heterocycles. The summed E-state index contributed by atoms with van der Waals surface area (Å²) >= 11 is 0. The van der Waals surface area contributed by atoms with Crippen LogP contribution >= 0.6 is 0 Å². The molecule has 1 aliphatic heterocycles. The second kappa shape index (κ2) is 8.11. The molecule has 2 aromatic heterocycles. The second-order valence-corrected chi connectivity index (χ2v) is 7.38. The first-order valence-corrected chi connectivity index (χ1v) is 10.1. The Morgan fingerprint density at radius 1 is 1.24 bits per heavy atom. The van der Waals surface area contributed by atoms with Crippen molar-refractivity contribution in [3.63, 3.8) is 0 Å². The molecule has 0 radical (unpaired) electrons. The Morgan fingerprint density at radius 3 is 2.76 bits per heavy atom. The minimum atomic E-state index is -0.0188. The average Bonchev–Trinajstić information content (AvgIpc) is 3.48. The number of carbonyl (C=O) groups excluding carboxylic acids is 1. The number of hydrogen-bond acceptors (Lipinski definition) is 4. The van der Waals surface area contributed by atoms with Gasteiger partial charge >= 0.3 is 0 Å². The third kappa shape index (κ3) is 3.64. The molecule has 152 valence electrons. The number of methoxy groups -OCH3 is 1. The van der Waals surface area contributed by atoms with Crippen molar-refractivity contribution < 1.29 is 9.53 Å². The molecule has 3 aromatic rings. The van der Waals surface area contributed by atoms with Crippen molar-refractivity contribution >= 4 is 5.91 Å². The van der Waals surface area contributed by atoms with Gasteiger partial charge in [0.25, 0.3) is 5.91 Å². The Morgan fingerprint density at radius 2 is 2.03 bits per heavy atom. The van der Waals surface area contributed by atoms with Crippen molar-refractivity contribution in [3.05, 3.63) is 65.5 Å². The van der Waals surface area contributed by atoms with Crippen LogP contribution in [0.25, 0.3) is 0 Å². The van der Waals surface area contributed by atoms with Crippen molar-refractivity contribution in [2.24, 2.45) is 0 Å². The molecule has 1 amide bonds. The summed E-state index contributed by atoms with van der Waals surface area (Å²) in [4.78, 5) is 19.9. The van der Waals surface area contributed by atoms with Crippen molar-refractivity contribution in [1.29, 1.82) is 0 Å². The lowest BCUT2D eigenvalue weighted by atomic mass is 10.1. The Hall–Kier alpha value is -3.09. The van der Waals surface area contributed by atoms with Crippen molar-refractivity contribution in [1.82, 2.24) is 24.2 Å². The summed E-state index contributed by atoms with van der Waals surface area (Å²) in [5, 5.41) is 4.25. The van der Waals surface area contributed by atoms with E-state index in [-0.39, 0.29) is 11.9 Å². The standard InChI is InChI=1S/C22H27N5O2/c1-4-27-20(11-12-24-27)22(28)25-13-5-6-19(25)21-23-14-16(2)26(21)15-17-7-9-18(29-3)10-8-17/h7-12,14,19H,4-6,13,15H2,1-3H3. The molecule has 7 heteroatoms. The molecule has 4 rings (SSSR count). The predicted octanol–water partition coefficient (Wildman–Crippen LogP) is 3.44. The summed E-state index contributed by atoms with van der Waals surface area (Å²) in [7, 11) is 1.67. The van der Waals surface area contributed by atoms with Crippen molar-refractivity contribution in [2.45, 2.75) is 45.8 Å². The third-order valence-electron chi connectivity index (χ3n) is 5.63. The molecule has 1 atom stereocenters. The maximum atomic E-state index is 13.2. The van der Waals surface area contributed by atoms with Gasteiger partial charge in [0.1, 0.15) is 17.3 Å². The Balaban J connectivity index is 1.61. The van der Waals surface area contributed by atoms with E-state index in [9.17, 15) is 4.79 Å². The summed E-state index contributed by atoms with van der Waals surface area (Å²) in [6.45, 7) is 6.20. The molecule has 1 unspecified atom stereocenters. The van der Waals surface area contributed by atoms with E-state index in [0.717, 1.165) is 43.2 Å². The number of nitrogens with zero attached hydrogens (tertiary/aromatic N) is 5. The van der Waals surface area contributed by atoms with Crippen LogP contribution in [0.15, 0.2) is 42.7 Å². The molecule has 1 aliphatic rings. The van der Waals surface area contributed by atoms with Gasteiger partial charge in [-0.15, -0.1) is 0 Å². The van der Waals surface area contributed by atoms with Crippen LogP contribution in [0.5, 0.6) is 5.75 Å². The maximum Gasteiger partial charge on any atom is 0.272 e. The number of benzene rings is 1. The van der Waals surface area contributed by atoms with Crippen LogP contribution in [0, 0.1) is 6.92 Å². The van der Waals surface area contributed by atoms with Crippen LogP contribution in [0.3, 0.4) is 0 Å². The Labute approximate surface area is 170 Å². The first-order chi connectivity index (χ1) is 14.1. The minimum absolute atomic E-state index is 0.0188. The van der Waals surface area contributed by atoms with Crippen molar-refractivity contribution in [3.8, 4) is 5.75 Å². The number of likely N-dealkylation sites (tertiary alicyclic amines) is 1. The average molecular weight is 393 g/mol. The maximum absolute atomic E-state index is 13.2. The number of aromatic nitrogens is 4. The molecule has 1 aromatic carbocycles. The first-order valence-electron chi connectivity index (χ1n) is 10.1. The summed E-state index contributed by atoms with van der Waals surface area (Å²) < 4.78 is 9.23. The minimum Gasteiger partial charge on any atom is -0.497 e. The van der Waals surface area contributed by atoms with Gasteiger partial charge in [-0.25, -0.2) is 4.98 Å². The van der Waals surface area contributed by atoms with Crippen molar-refractivity contribution in [2.75, 3.05) is 13.7 Å². The lowest BCUT2D eigenvalue weighted by molar-refractivity contribution is 0.0715. The topological polar surface area (TPSA) is 65.2 Å². The molecule has 0 saturated carbocycles. The van der Waals surface area contributed by atoms with Gasteiger partial charge in [-0.1, -0.05) is 12.1 Å². The fourth-order valence-corrected chi connectivity index (χ4v) is 4.06. The van der Waals surface area contributed by atoms with Gasteiger partial charge in [0.2, 0.25) is 0 Å². The van der Waals surface area contributed by atoms with Crippen LogP contribution in [0.2, 0.25) is 0 Å². The number of carbonyl (C=O) groups is 1. The van der Waals surface area contributed by atoms with Gasteiger partial charge in [0, 0.05) is 37.7 Å². The van der Waals surface area contributed by atoms with Gasteiger partial charge in [-0.05, 0) is 50.5 Å². The van der Waals surface area contributed by atoms with Gasteiger partial charge in [0.05, 0.1) is 13.2 Å². The third-order valence-corrected chi connectivity index (χ3v) is 5.63. The molecule has 0 N–H and O–H groups in total. The van der Waals surface area contributed by atoms with E-state index in [1.165, 1.54) is 5.56 Å². The van der Waals surface area contributed by atoms with Gasteiger partial charge < -0.3 is 14.2 Å². The van der Waals surface area contributed by atoms with E-state index >= 15 is 0 Å². The van der Waals surface area contributed by atoms with E-state index in [1.54, 1.807) is 24.1 Å². The molecule has 0 bridgehead atoms. The smallest absolute Gasteiger partial charge is 0.272 e. The monoisotopic (exact) mass is 393 g/mol. The van der Waals surface area contributed by atoms with E-state index in [4.69, 9.17) is 9.72 Å². The number of amides is 1. The predicted molar refractivity (Wildman–Crippen MR) is 110 cm³/mol. The highest BCUT2D eigenvalue weighted by molar-refractivity contribution is 5.93. The number of rotatable bonds is 6. The van der Waals surface area contributed by atoms with Crippen LogP contribution < -0.4 is 4.74 Å². The summed E-state index contributed by atoms with van der Waals surface area (Å²) in [6, 6.07) is 9.86. The van der Waals surface area contributed by atoms with Gasteiger partial charge in [-0.3, -0.25) is 9.48 Å². The summed E-state index contributed by atoms with van der Waals surface area (Å²) in [5.74, 6) is 1.83. The Kier molecular flexibility index (Phi) is 5.38. The molecule has 7 nitrogen and oxygen atoms in total. The number of ether oxygens (including phenoxy) is 1.